The third kappa shape index (κ3) is 3.90. The average molecular weight is 337 g/mol. The molecule has 0 aliphatic carbocycles. The monoisotopic (exact) mass is 337 g/mol. The summed E-state index contributed by atoms with van der Waals surface area (Å²) in [4.78, 5) is 26.5. The molecule has 25 heavy (non-hydrogen) atoms. The maximum atomic E-state index is 12.5. The van der Waals surface area contributed by atoms with Gasteiger partial charge in [0.05, 0.1) is 5.92 Å². The molecule has 1 heterocycles. The number of benzene rings is 2. The van der Waals surface area contributed by atoms with Crippen LogP contribution >= 0.6 is 0 Å². The summed E-state index contributed by atoms with van der Waals surface area (Å²) in [6.07, 6.45) is 1.15. The highest BCUT2D eigenvalue weighted by molar-refractivity contribution is 5.99. The number of esters is 1. The number of ether oxygens (including phenoxy) is 1. The van der Waals surface area contributed by atoms with E-state index >= 15 is 0 Å². The molecule has 2 aromatic rings. The van der Waals surface area contributed by atoms with Crippen molar-refractivity contribution in [3.8, 4) is 5.75 Å². The fourth-order valence-electron chi connectivity index (χ4n) is 3.22. The highest BCUT2D eigenvalue weighted by Crippen LogP contribution is 2.27. The second-order valence-electron chi connectivity index (χ2n) is 6.67. The molecule has 3 rings (SSSR count). The van der Waals surface area contributed by atoms with Crippen molar-refractivity contribution in [2.75, 3.05) is 11.4 Å². The van der Waals surface area contributed by atoms with Crippen LogP contribution in [0.5, 0.6) is 5.75 Å². The number of hydrogen-bond donors (Lipinski definition) is 0. The molecule has 130 valence electrons. The van der Waals surface area contributed by atoms with Gasteiger partial charge in [-0.3, -0.25) is 9.59 Å². The Labute approximate surface area is 148 Å². The van der Waals surface area contributed by atoms with Crippen LogP contribution in [-0.2, 0) is 16.0 Å². The van der Waals surface area contributed by atoms with Crippen LogP contribution in [0.1, 0.15) is 30.0 Å². The summed E-state index contributed by atoms with van der Waals surface area (Å²) >= 11 is 0. The first kappa shape index (κ1) is 17.2. The fourth-order valence-corrected chi connectivity index (χ4v) is 3.22. The average Bonchev–Trinajstić information content (AvgIpc) is 2.96. The molecule has 1 fully saturated rings. The van der Waals surface area contributed by atoms with Crippen LogP contribution in [0, 0.1) is 19.8 Å². The Morgan fingerprint density at radius 2 is 1.76 bits per heavy atom. The molecule has 1 atom stereocenters. The highest BCUT2D eigenvalue weighted by Gasteiger charge is 2.36. The van der Waals surface area contributed by atoms with Crippen molar-refractivity contribution in [1.82, 2.24) is 0 Å². The molecule has 4 heteroatoms. The normalized spacial score (nSPS) is 17.0. The van der Waals surface area contributed by atoms with Gasteiger partial charge in [0.2, 0.25) is 5.91 Å². The van der Waals surface area contributed by atoms with Crippen molar-refractivity contribution in [1.29, 1.82) is 0 Å². The molecule has 1 saturated heterocycles. The van der Waals surface area contributed by atoms with Crippen LogP contribution in [-0.4, -0.2) is 18.4 Å². The van der Waals surface area contributed by atoms with E-state index in [1.54, 1.807) is 4.90 Å². The van der Waals surface area contributed by atoms with Crippen LogP contribution in [0.25, 0.3) is 0 Å². The summed E-state index contributed by atoms with van der Waals surface area (Å²) < 4.78 is 5.51. The quantitative estimate of drug-likeness (QED) is 0.629. The zero-order valence-electron chi connectivity index (χ0n) is 14.9. The summed E-state index contributed by atoms with van der Waals surface area (Å²) in [5.74, 6) is -0.266. The molecule has 0 N–H and O–H groups in total. The van der Waals surface area contributed by atoms with Crippen molar-refractivity contribution in [3.63, 3.8) is 0 Å². The molecular formula is C21H23NO3. The van der Waals surface area contributed by atoms with Gasteiger partial charge in [-0.2, -0.15) is 0 Å². The lowest BCUT2D eigenvalue weighted by molar-refractivity contribution is -0.139. The number of carbonyl (C=O) groups excluding carboxylic acids is 2. The molecule has 0 spiro atoms. The van der Waals surface area contributed by atoms with Gasteiger partial charge in [-0.1, -0.05) is 25.1 Å². The van der Waals surface area contributed by atoms with Crippen molar-refractivity contribution in [2.45, 2.75) is 33.6 Å². The predicted octanol–water partition coefficient (Wildman–Crippen LogP) is 3.82. The van der Waals surface area contributed by atoms with E-state index < -0.39 is 5.92 Å². The largest absolute Gasteiger partial charge is 0.426 e. The SMILES string of the molecule is CCc1ccc(N2C[C@H](C(=O)Oc3cc(C)cc(C)c3)CC2=O)cc1. The number of rotatable bonds is 4. The van der Waals surface area contributed by atoms with Crippen LogP contribution in [0.3, 0.4) is 0 Å². The second-order valence-corrected chi connectivity index (χ2v) is 6.67. The number of hydrogen-bond acceptors (Lipinski definition) is 3. The summed E-state index contributed by atoms with van der Waals surface area (Å²) in [7, 11) is 0. The van der Waals surface area contributed by atoms with E-state index in [-0.39, 0.29) is 18.3 Å². The van der Waals surface area contributed by atoms with Crippen molar-refractivity contribution >= 4 is 17.6 Å². The second kappa shape index (κ2) is 7.09. The van der Waals surface area contributed by atoms with Gasteiger partial charge in [-0.25, -0.2) is 0 Å². The Morgan fingerprint density at radius 1 is 1.12 bits per heavy atom. The lowest BCUT2D eigenvalue weighted by Gasteiger charge is -2.17. The standard InChI is InChI=1S/C21H23NO3/c1-4-16-5-7-18(8-6-16)22-13-17(12-20(22)23)21(24)25-19-10-14(2)9-15(3)11-19/h5-11,17H,4,12-13H2,1-3H3/t17-/m1/s1. The summed E-state index contributed by atoms with van der Waals surface area (Å²) in [5.41, 5.74) is 4.15. The minimum Gasteiger partial charge on any atom is -0.426 e. The van der Waals surface area contributed by atoms with Gasteiger partial charge in [0, 0.05) is 18.7 Å². The van der Waals surface area contributed by atoms with E-state index in [2.05, 4.69) is 6.92 Å². The zero-order valence-corrected chi connectivity index (χ0v) is 14.9. The van der Waals surface area contributed by atoms with E-state index in [0.29, 0.717) is 12.3 Å². The Morgan fingerprint density at radius 3 is 2.36 bits per heavy atom. The number of nitrogens with zero attached hydrogens (tertiary/aromatic N) is 1. The molecule has 1 aliphatic rings. The third-order valence-electron chi connectivity index (χ3n) is 4.53. The predicted molar refractivity (Wildman–Crippen MR) is 97.8 cm³/mol. The molecule has 0 bridgehead atoms. The van der Waals surface area contributed by atoms with Crippen molar-refractivity contribution < 1.29 is 14.3 Å². The number of anilines is 1. The summed E-state index contributed by atoms with van der Waals surface area (Å²) in [6.45, 7) is 6.39. The van der Waals surface area contributed by atoms with E-state index in [1.165, 1.54) is 5.56 Å². The third-order valence-corrected chi connectivity index (χ3v) is 4.53. The molecule has 2 aromatic carbocycles. The zero-order chi connectivity index (χ0) is 18.0. The molecular weight excluding hydrogens is 314 g/mol. The number of aryl methyl sites for hydroxylation is 3. The van der Waals surface area contributed by atoms with Crippen LogP contribution < -0.4 is 9.64 Å². The Hall–Kier alpha value is -2.62. The van der Waals surface area contributed by atoms with E-state index in [4.69, 9.17) is 4.74 Å². The first-order chi connectivity index (χ1) is 12.0. The van der Waals surface area contributed by atoms with Gasteiger partial charge in [0.1, 0.15) is 5.75 Å². The van der Waals surface area contributed by atoms with E-state index in [1.807, 2.05) is 56.3 Å². The van der Waals surface area contributed by atoms with Crippen LogP contribution in [0.15, 0.2) is 42.5 Å². The van der Waals surface area contributed by atoms with Crippen LogP contribution in [0.2, 0.25) is 0 Å². The number of carbonyl (C=O) groups is 2. The van der Waals surface area contributed by atoms with Gasteiger partial charge in [0.15, 0.2) is 0 Å². The van der Waals surface area contributed by atoms with Gasteiger partial charge < -0.3 is 9.64 Å². The Kier molecular flexibility index (Phi) is 4.88. The van der Waals surface area contributed by atoms with Crippen molar-refractivity contribution in [2.24, 2.45) is 5.92 Å². The van der Waals surface area contributed by atoms with E-state index in [9.17, 15) is 9.59 Å². The minimum atomic E-state index is -0.431. The molecule has 1 aliphatic heterocycles. The summed E-state index contributed by atoms with van der Waals surface area (Å²) in [6, 6.07) is 13.6. The minimum absolute atomic E-state index is 0.0355. The molecule has 0 unspecified atom stereocenters. The van der Waals surface area contributed by atoms with Gasteiger partial charge >= 0.3 is 5.97 Å². The molecule has 0 aromatic heterocycles. The molecule has 0 radical (unpaired) electrons. The Balaban J connectivity index is 1.69. The molecule has 1 amide bonds. The molecule has 4 nitrogen and oxygen atoms in total. The van der Waals surface area contributed by atoms with Crippen molar-refractivity contribution in [3.05, 3.63) is 59.2 Å². The number of amides is 1. The highest BCUT2D eigenvalue weighted by atomic mass is 16.5. The Bertz CT molecular complexity index is 775. The first-order valence-corrected chi connectivity index (χ1v) is 8.65. The molecule has 0 saturated carbocycles. The van der Waals surface area contributed by atoms with Gasteiger partial charge in [0.25, 0.3) is 0 Å². The maximum absolute atomic E-state index is 12.5. The lowest BCUT2D eigenvalue weighted by atomic mass is 10.1. The van der Waals surface area contributed by atoms with Gasteiger partial charge in [-0.15, -0.1) is 0 Å². The first-order valence-electron chi connectivity index (χ1n) is 8.65. The fraction of sp³-hybridized carbons (Fsp3) is 0.333. The maximum Gasteiger partial charge on any atom is 0.316 e. The van der Waals surface area contributed by atoms with Gasteiger partial charge in [-0.05, 0) is 61.2 Å². The van der Waals surface area contributed by atoms with E-state index in [0.717, 1.165) is 23.2 Å². The van der Waals surface area contributed by atoms with Crippen LogP contribution in [0.4, 0.5) is 5.69 Å². The lowest BCUT2D eigenvalue weighted by Crippen LogP contribution is -2.27. The topological polar surface area (TPSA) is 46.6 Å². The summed E-state index contributed by atoms with van der Waals surface area (Å²) in [5, 5.41) is 0. The smallest absolute Gasteiger partial charge is 0.316 e.